The van der Waals surface area contributed by atoms with Gasteiger partial charge < -0.3 is 36.0 Å². The van der Waals surface area contributed by atoms with Gasteiger partial charge in [0.05, 0.1) is 19.8 Å². The molecular weight excluding hydrogens is 566 g/mol. The fourth-order valence-corrected chi connectivity index (χ4v) is 4.86. The fraction of sp³-hybridized carbons (Fsp3) is 0.469. The van der Waals surface area contributed by atoms with E-state index < -0.39 is 47.9 Å². The second-order valence-electron chi connectivity index (χ2n) is 11.2. The molecule has 1 heterocycles. The zero-order chi connectivity index (χ0) is 32.2. The second-order valence-corrected chi connectivity index (χ2v) is 11.2. The van der Waals surface area contributed by atoms with Crippen molar-refractivity contribution < 1.29 is 33.8 Å². The van der Waals surface area contributed by atoms with Crippen LogP contribution < -0.4 is 26.0 Å². The van der Waals surface area contributed by atoms with Crippen molar-refractivity contribution in [2.75, 3.05) is 26.7 Å². The van der Waals surface area contributed by atoms with Crippen molar-refractivity contribution in [3.05, 3.63) is 65.7 Å². The zero-order valence-corrected chi connectivity index (χ0v) is 25.7. The Morgan fingerprint density at radius 1 is 0.909 bits per heavy atom. The van der Waals surface area contributed by atoms with Crippen molar-refractivity contribution in [3.63, 3.8) is 0 Å². The first kappa shape index (κ1) is 34.0. The number of carbonyl (C=O) groups excluding carboxylic acids is 5. The Labute approximate surface area is 257 Å². The summed E-state index contributed by atoms with van der Waals surface area (Å²) in [4.78, 5) is 67.7. The van der Waals surface area contributed by atoms with Gasteiger partial charge in [-0.15, -0.1) is 0 Å². The number of methoxy groups -OCH3 is 1. The van der Waals surface area contributed by atoms with Gasteiger partial charge in [0.15, 0.2) is 0 Å². The van der Waals surface area contributed by atoms with Crippen LogP contribution in [0.4, 0.5) is 0 Å². The Morgan fingerprint density at radius 2 is 1.61 bits per heavy atom. The number of rotatable bonds is 8. The van der Waals surface area contributed by atoms with E-state index in [0.29, 0.717) is 12.2 Å². The van der Waals surface area contributed by atoms with Gasteiger partial charge in [0, 0.05) is 25.9 Å². The highest BCUT2D eigenvalue weighted by molar-refractivity contribution is 5.95. The highest BCUT2D eigenvalue weighted by Gasteiger charge is 2.33. The Bertz CT molecular complexity index is 1300. The van der Waals surface area contributed by atoms with E-state index in [1.807, 2.05) is 24.3 Å². The number of aryl methyl sites for hydroxylation is 1. The molecule has 3 rings (SSSR count). The Hall–Kier alpha value is -4.45. The molecule has 0 radical (unpaired) electrons. The molecule has 44 heavy (non-hydrogen) atoms. The van der Waals surface area contributed by atoms with E-state index in [-0.39, 0.29) is 44.3 Å². The third-order valence-corrected chi connectivity index (χ3v) is 7.37. The molecule has 5 amide bonds. The molecule has 0 bridgehead atoms. The molecule has 12 heteroatoms. The van der Waals surface area contributed by atoms with Gasteiger partial charge in [-0.05, 0) is 42.5 Å². The van der Waals surface area contributed by atoms with E-state index in [9.17, 15) is 29.1 Å². The van der Waals surface area contributed by atoms with Gasteiger partial charge in [-0.25, -0.2) is 0 Å². The third kappa shape index (κ3) is 10.1. The average Bonchev–Trinajstić information content (AvgIpc) is 3.00. The molecule has 0 aliphatic carbocycles. The monoisotopic (exact) mass is 609 g/mol. The molecule has 1 aliphatic heterocycles. The van der Waals surface area contributed by atoms with Gasteiger partial charge in [0.25, 0.3) is 0 Å². The first-order valence-corrected chi connectivity index (χ1v) is 14.8. The van der Waals surface area contributed by atoms with Crippen LogP contribution in [0, 0.1) is 5.92 Å². The van der Waals surface area contributed by atoms with Crippen molar-refractivity contribution in [1.29, 1.82) is 0 Å². The van der Waals surface area contributed by atoms with Gasteiger partial charge in [-0.1, -0.05) is 56.3 Å². The lowest BCUT2D eigenvalue weighted by molar-refractivity contribution is -0.137. The lowest BCUT2D eigenvalue weighted by Crippen LogP contribution is -2.60. The minimum Gasteiger partial charge on any atom is -0.497 e. The number of nitrogens with zero attached hydrogens (tertiary/aromatic N) is 1. The smallest absolute Gasteiger partial charge is 0.245 e. The van der Waals surface area contributed by atoms with Crippen LogP contribution in [-0.2, 0) is 36.8 Å². The molecule has 238 valence electrons. The minimum absolute atomic E-state index is 0.00818. The van der Waals surface area contributed by atoms with Gasteiger partial charge in [-0.3, -0.25) is 24.0 Å². The van der Waals surface area contributed by atoms with Crippen molar-refractivity contribution in [2.24, 2.45) is 5.92 Å². The quantitative estimate of drug-likeness (QED) is 0.288. The van der Waals surface area contributed by atoms with E-state index in [0.717, 1.165) is 11.1 Å². The largest absolute Gasteiger partial charge is 0.497 e. The molecule has 0 saturated carbocycles. The molecule has 1 fully saturated rings. The Balaban J connectivity index is 1.85. The summed E-state index contributed by atoms with van der Waals surface area (Å²) in [6, 6.07) is 12.9. The molecular formula is C32H43N5O7. The molecule has 2 aromatic carbocycles. The number of aliphatic hydroxyl groups is 1. The van der Waals surface area contributed by atoms with E-state index in [2.05, 4.69) is 21.3 Å². The lowest BCUT2D eigenvalue weighted by Gasteiger charge is -2.27. The van der Waals surface area contributed by atoms with Gasteiger partial charge >= 0.3 is 0 Å². The molecule has 4 atom stereocenters. The van der Waals surface area contributed by atoms with Crippen LogP contribution >= 0.6 is 0 Å². The molecule has 0 spiro atoms. The first-order chi connectivity index (χ1) is 21.0. The molecule has 1 saturated heterocycles. The summed E-state index contributed by atoms with van der Waals surface area (Å²) in [5, 5.41) is 21.0. The van der Waals surface area contributed by atoms with E-state index in [1.54, 1.807) is 51.3 Å². The molecule has 0 aromatic heterocycles. The maximum absolute atomic E-state index is 13.5. The van der Waals surface area contributed by atoms with Crippen LogP contribution in [0.3, 0.4) is 0 Å². The number of carbonyl (C=O) groups is 5. The predicted octanol–water partition coefficient (Wildman–Crippen LogP) is 0.320. The topological polar surface area (TPSA) is 166 Å². The van der Waals surface area contributed by atoms with Crippen molar-refractivity contribution >= 4 is 29.5 Å². The van der Waals surface area contributed by atoms with E-state index in [4.69, 9.17) is 4.74 Å². The summed E-state index contributed by atoms with van der Waals surface area (Å²) >= 11 is 0. The van der Waals surface area contributed by atoms with Gasteiger partial charge in [-0.2, -0.15) is 0 Å². The van der Waals surface area contributed by atoms with Crippen molar-refractivity contribution in [1.82, 2.24) is 26.2 Å². The number of aliphatic hydroxyl groups excluding tert-OH is 1. The highest BCUT2D eigenvalue weighted by Crippen LogP contribution is 2.15. The first-order valence-electron chi connectivity index (χ1n) is 14.8. The maximum atomic E-state index is 13.5. The summed E-state index contributed by atoms with van der Waals surface area (Å²) in [5.41, 5.74) is 1.64. The normalized spacial score (nSPS) is 21.2. The number of hydrogen-bond donors (Lipinski definition) is 5. The molecule has 12 nitrogen and oxygen atoms in total. The van der Waals surface area contributed by atoms with Crippen LogP contribution in [0.5, 0.6) is 5.75 Å². The van der Waals surface area contributed by atoms with Crippen molar-refractivity contribution in [3.8, 4) is 5.75 Å². The number of amides is 5. The number of benzene rings is 2. The predicted molar refractivity (Wildman–Crippen MR) is 163 cm³/mol. The molecule has 0 unspecified atom stereocenters. The summed E-state index contributed by atoms with van der Waals surface area (Å²) in [6.07, 6.45) is -0.650. The molecule has 2 aromatic rings. The summed E-state index contributed by atoms with van der Waals surface area (Å²) in [7, 11) is 1.56. The number of ether oxygens (including phenoxy) is 1. The molecule has 1 aliphatic rings. The van der Waals surface area contributed by atoms with Crippen LogP contribution in [0.2, 0.25) is 0 Å². The summed E-state index contributed by atoms with van der Waals surface area (Å²) < 4.78 is 5.25. The number of hydrogen-bond acceptors (Lipinski definition) is 7. The lowest BCUT2D eigenvalue weighted by atomic mass is 10.0. The zero-order valence-electron chi connectivity index (χ0n) is 25.7. The minimum atomic E-state index is -1.32. The van der Waals surface area contributed by atoms with Crippen LogP contribution in [0.25, 0.3) is 0 Å². The standard InChI is InChI=1S/C32H43N5O7/c1-20(2)28-32(43)34-25(18-22-9-6-5-7-10-22)30(41)36-29(21(3)38)31(42)33-15-16-37(19-26(39)35-28)27(40)14-13-23-11-8-12-24(17-23)44-4/h5-12,17,20-21,25,28-29,38H,13-16,18-19H2,1-4H3,(H,33,42)(H,34,43)(H,35,39)(H,36,41)/t21-,25+,28-,29+/m1/s1. The number of nitrogens with one attached hydrogen (secondary N) is 4. The highest BCUT2D eigenvalue weighted by atomic mass is 16.5. The Morgan fingerprint density at radius 3 is 2.27 bits per heavy atom. The Kier molecular flexibility index (Phi) is 12.7. The van der Waals surface area contributed by atoms with E-state index >= 15 is 0 Å². The maximum Gasteiger partial charge on any atom is 0.245 e. The summed E-state index contributed by atoms with van der Waals surface area (Å²) in [5.74, 6) is -2.48. The van der Waals surface area contributed by atoms with Crippen LogP contribution in [0.15, 0.2) is 54.6 Å². The average molecular weight is 610 g/mol. The van der Waals surface area contributed by atoms with E-state index in [1.165, 1.54) is 11.8 Å². The van der Waals surface area contributed by atoms with Gasteiger partial charge in [0.2, 0.25) is 29.5 Å². The summed E-state index contributed by atoms with van der Waals surface area (Å²) in [6.45, 7) is 4.51. The second kappa shape index (κ2) is 16.4. The fourth-order valence-electron chi connectivity index (χ4n) is 4.86. The molecule has 5 N–H and O–H groups in total. The van der Waals surface area contributed by atoms with Crippen molar-refractivity contribution in [2.45, 2.75) is 64.3 Å². The van der Waals surface area contributed by atoms with Crippen LogP contribution in [-0.4, -0.2) is 90.5 Å². The third-order valence-electron chi connectivity index (χ3n) is 7.37. The van der Waals surface area contributed by atoms with Crippen LogP contribution in [0.1, 0.15) is 38.3 Å². The SMILES string of the molecule is COc1cccc(CCC(=O)N2CCNC(=O)[C@H]([C@@H](C)O)NC(=O)[C@H](Cc3ccccc3)NC(=O)[C@@H](C(C)C)NC(=O)C2)c1. The van der Waals surface area contributed by atoms with Gasteiger partial charge in [0.1, 0.15) is 23.9 Å².